The lowest BCUT2D eigenvalue weighted by molar-refractivity contribution is -0.138. The molecule has 0 unspecified atom stereocenters. The van der Waals surface area contributed by atoms with E-state index < -0.39 is 11.7 Å². The number of allylic oxidation sites excluding steroid dienone is 1. The van der Waals surface area contributed by atoms with Gasteiger partial charge in [0.25, 0.3) is 0 Å². The lowest BCUT2D eigenvalue weighted by Gasteiger charge is -2.19. The molecular weight excluding hydrogens is 461 g/mol. The minimum absolute atomic E-state index is 0.0134. The zero-order valence-corrected chi connectivity index (χ0v) is 21.1. The van der Waals surface area contributed by atoms with Crippen LogP contribution < -0.4 is 15.2 Å². The van der Waals surface area contributed by atoms with E-state index in [0.29, 0.717) is 36.8 Å². The molecule has 0 amide bonds. The van der Waals surface area contributed by atoms with Crippen molar-refractivity contribution >= 4 is 0 Å². The number of methoxy groups -OCH3 is 3. The average Bonchev–Trinajstić information content (AvgIpc) is 2.79. The van der Waals surface area contributed by atoms with Crippen molar-refractivity contribution in [3.05, 3.63) is 63.7 Å². The van der Waals surface area contributed by atoms with Gasteiger partial charge >= 0.3 is 6.18 Å². The van der Waals surface area contributed by atoms with Crippen molar-refractivity contribution in [2.75, 3.05) is 34.5 Å². The van der Waals surface area contributed by atoms with Gasteiger partial charge in [-0.05, 0) is 68.0 Å². The van der Waals surface area contributed by atoms with Gasteiger partial charge in [-0.15, -0.1) is 0 Å². The minimum Gasteiger partial charge on any atom is -0.500 e. The van der Waals surface area contributed by atoms with E-state index in [1.165, 1.54) is 58.2 Å². The van der Waals surface area contributed by atoms with Crippen molar-refractivity contribution < 1.29 is 32.1 Å². The molecule has 6 nitrogen and oxygen atoms in total. The van der Waals surface area contributed by atoms with Crippen LogP contribution in [0.5, 0.6) is 11.5 Å². The van der Waals surface area contributed by atoms with Crippen LogP contribution in [0.1, 0.15) is 54.1 Å². The molecule has 2 aromatic rings. The Labute approximate surface area is 205 Å². The van der Waals surface area contributed by atoms with Crippen molar-refractivity contribution in [1.29, 1.82) is 0 Å². The summed E-state index contributed by atoms with van der Waals surface area (Å²) in [5.41, 5.74) is 7.55. The first-order chi connectivity index (χ1) is 16.7. The number of aryl methyl sites for hydroxylation is 1. The number of benzene rings is 1. The summed E-state index contributed by atoms with van der Waals surface area (Å²) in [5, 5.41) is 0. The van der Waals surface area contributed by atoms with Gasteiger partial charge in [-0.3, -0.25) is 4.98 Å². The average molecular weight is 497 g/mol. The third kappa shape index (κ3) is 7.60. The van der Waals surface area contributed by atoms with Gasteiger partial charge in [0.1, 0.15) is 17.3 Å². The Morgan fingerprint density at radius 1 is 1.09 bits per heavy atom. The SMILES string of the molecule is CCOCc1cc(OC)c(Cc2ccnc(C)c2C(F)(F)F)c(OC)c1.COC(CN)=C1CCC1. The van der Waals surface area contributed by atoms with Crippen LogP contribution >= 0.6 is 0 Å². The van der Waals surface area contributed by atoms with E-state index >= 15 is 0 Å². The van der Waals surface area contributed by atoms with Crippen molar-refractivity contribution in [3.63, 3.8) is 0 Å². The van der Waals surface area contributed by atoms with E-state index in [0.717, 1.165) is 11.3 Å². The molecule has 1 aliphatic rings. The Kier molecular flexibility index (Phi) is 10.9. The normalized spacial score (nSPS) is 12.9. The third-order valence-corrected chi connectivity index (χ3v) is 5.80. The van der Waals surface area contributed by atoms with Crippen molar-refractivity contribution in [1.82, 2.24) is 4.98 Å². The Hall–Kier alpha value is -2.78. The summed E-state index contributed by atoms with van der Waals surface area (Å²) in [4.78, 5) is 3.78. The molecule has 3 rings (SSSR count). The summed E-state index contributed by atoms with van der Waals surface area (Å²) < 4.78 is 61.6. The summed E-state index contributed by atoms with van der Waals surface area (Å²) >= 11 is 0. The number of alkyl halides is 3. The zero-order valence-electron chi connectivity index (χ0n) is 21.1. The molecule has 0 bridgehead atoms. The molecule has 1 aliphatic carbocycles. The lowest BCUT2D eigenvalue weighted by Crippen LogP contribution is -2.13. The minimum atomic E-state index is -4.48. The maximum Gasteiger partial charge on any atom is 0.418 e. The summed E-state index contributed by atoms with van der Waals surface area (Å²) in [7, 11) is 4.64. The predicted molar refractivity (Wildman–Crippen MR) is 129 cm³/mol. The fraction of sp³-hybridized carbons (Fsp3) is 0.500. The number of halogens is 3. The number of rotatable bonds is 9. The molecule has 0 saturated heterocycles. The highest BCUT2D eigenvalue weighted by atomic mass is 19.4. The van der Waals surface area contributed by atoms with Gasteiger partial charge in [0.2, 0.25) is 0 Å². The van der Waals surface area contributed by atoms with E-state index in [4.69, 9.17) is 24.7 Å². The van der Waals surface area contributed by atoms with Crippen LogP contribution in [-0.2, 0) is 28.7 Å². The topological polar surface area (TPSA) is 75.8 Å². The van der Waals surface area contributed by atoms with Gasteiger partial charge in [0.05, 0.1) is 40.0 Å². The summed E-state index contributed by atoms with van der Waals surface area (Å²) in [6.07, 6.45) is 0.605. The van der Waals surface area contributed by atoms with E-state index in [2.05, 4.69) is 4.98 Å². The summed E-state index contributed by atoms with van der Waals surface area (Å²) in [5.74, 6) is 1.92. The highest BCUT2D eigenvalue weighted by Crippen LogP contribution is 2.38. The first kappa shape index (κ1) is 28.5. The monoisotopic (exact) mass is 496 g/mol. The van der Waals surface area contributed by atoms with Crippen LogP contribution in [0.15, 0.2) is 35.7 Å². The predicted octanol–water partition coefficient (Wildman–Crippen LogP) is 5.58. The number of hydrogen-bond donors (Lipinski definition) is 1. The zero-order chi connectivity index (χ0) is 26.0. The van der Waals surface area contributed by atoms with Gasteiger partial charge in [-0.2, -0.15) is 13.2 Å². The molecule has 35 heavy (non-hydrogen) atoms. The Morgan fingerprint density at radius 3 is 2.11 bits per heavy atom. The van der Waals surface area contributed by atoms with Gasteiger partial charge < -0.3 is 24.7 Å². The second-order valence-corrected chi connectivity index (χ2v) is 8.01. The number of pyridine rings is 1. The molecule has 1 heterocycles. The maximum absolute atomic E-state index is 13.5. The van der Waals surface area contributed by atoms with E-state index in [1.807, 2.05) is 6.92 Å². The Balaban J connectivity index is 0.000000402. The largest absolute Gasteiger partial charge is 0.500 e. The molecule has 0 radical (unpaired) electrons. The van der Waals surface area contributed by atoms with Crippen LogP contribution in [0.25, 0.3) is 0 Å². The second kappa shape index (κ2) is 13.3. The van der Waals surface area contributed by atoms with Crippen molar-refractivity contribution in [3.8, 4) is 11.5 Å². The Morgan fingerprint density at radius 2 is 1.71 bits per heavy atom. The fourth-order valence-electron chi connectivity index (χ4n) is 3.86. The molecule has 1 saturated carbocycles. The number of nitrogens with zero attached hydrogens (tertiary/aromatic N) is 1. The van der Waals surface area contributed by atoms with Gasteiger partial charge in [0.15, 0.2) is 0 Å². The lowest BCUT2D eigenvalue weighted by atomic mass is 9.91. The standard InChI is InChI=1S/C19H22F3NO3.C7H13NO/c1-5-26-11-13-8-16(24-3)15(17(9-13)25-4)10-14-6-7-23-12(2)18(14)19(20,21)22;1-9-7(5-8)6-3-2-4-6/h6-9H,5,10-11H2,1-4H3;2-5,8H2,1H3. The highest BCUT2D eigenvalue weighted by molar-refractivity contribution is 5.51. The van der Waals surface area contributed by atoms with E-state index in [9.17, 15) is 13.2 Å². The first-order valence-corrected chi connectivity index (χ1v) is 11.5. The number of ether oxygens (including phenoxy) is 4. The van der Waals surface area contributed by atoms with Crippen molar-refractivity contribution in [2.45, 2.75) is 52.3 Å². The third-order valence-electron chi connectivity index (χ3n) is 5.80. The Bertz CT molecular complexity index is 970. The van der Waals surface area contributed by atoms with Gasteiger partial charge in [0, 0.05) is 30.5 Å². The van der Waals surface area contributed by atoms with Crippen LogP contribution in [-0.4, -0.2) is 39.5 Å². The van der Waals surface area contributed by atoms with Crippen LogP contribution in [0, 0.1) is 6.92 Å². The first-order valence-electron chi connectivity index (χ1n) is 11.5. The van der Waals surface area contributed by atoms with E-state index in [1.54, 1.807) is 19.2 Å². The van der Waals surface area contributed by atoms with Crippen LogP contribution in [0.3, 0.4) is 0 Å². The number of aromatic nitrogens is 1. The fourth-order valence-corrected chi connectivity index (χ4v) is 3.86. The number of nitrogens with two attached hydrogens (primary N) is 1. The summed E-state index contributed by atoms with van der Waals surface area (Å²) in [6.45, 7) is 4.72. The number of hydrogen-bond acceptors (Lipinski definition) is 6. The molecule has 1 aromatic carbocycles. The second-order valence-electron chi connectivity index (χ2n) is 8.01. The molecule has 194 valence electrons. The smallest absolute Gasteiger partial charge is 0.418 e. The molecular formula is C26H35F3N2O4. The maximum atomic E-state index is 13.5. The molecule has 1 aromatic heterocycles. The van der Waals surface area contributed by atoms with E-state index in [-0.39, 0.29) is 17.7 Å². The van der Waals surface area contributed by atoms with Crippen LogP contribution in [0.4, 0.5) is 13.2 Å². The van der Waals surface area contributed by atoms with Crippen molar-refractivity contribution in [2.24, 2.45) is 5.73 Å². The molecule has 0 spiro atoms. The molecule has 1 fully saturated rings. The summed E-state index contributed by atoms with van der Waals surface area (Å²) in [6, 6.07) is 4.90. The molecule has 0 atom stereocenters. The quantitative estimate of drug-likeness (QED) is 0.457. The van der Waals surface area contributed by atoms with Gasteiger partial charge in [-0.25, -0.2) is 0 Å². The molecule has 0 aliphatic heterocycles. The van der Waals surface area contributed by atoms with Gasteiger partial charge in [-0.1, -0.05) is 0 Å². The highest BCUT2D eigenvalue weighted by Gasteiger charge is 2.36. The molecule has 2 N–H and O–H groups in total. The molecule has 9 heteroatoms. The van der Waals surface area contributed by atoms with Crippen LogP contribution in [0.2, 0.25) is 0 Å².